The molecule has 1 aromatic heterocycles. The maximum Gasteiger partial charge on any atom is 0.294 e. The third-order valence-corrected chi connectivity index (χ3v) is 5.48. The lowest BCUT2D eigenvalue weighted by Crippen LogP contribution is -2.47. The third-order valence-electron chi connectivity index (χ3n) is 5.25. The molecule has 148 valence electrons. The van der Waals surface area contributed by atoms with Crippen LogP contribution in [0.5, 0.6) is 0 Å². The van der Waals surface area contributed by atoms with Gasteiger partial charge in [0, 0.05) is 34.9 Å². The Morgan fingerprint density at radius 3 is 2.52 bits per heavy atom. The largest absolute Gasteiger partial charge is 0.459 e. The van der Waals surface area contributed by atoms with Gasteiger partial charge in [0.2, 0.25) is 5.91 Å². The van der Waals surface area contributed by atoms with Crippen LogP contribution in [0.2, 0.25) is 5.02 Å². The zero-order chi connectivity index (χ0) is 20.5. The number of anilines is 2. The maximum atomic E-state index is 13.1. The van der Waals surface area contributed by atoms with Gasteiger partial charge in [0.25, 0.3) is 5.91 Å². The van der Waals surface area contributed by atoms with E-state index in [2.05, 4.69) is 0 Å². The van der Waals surface area contributed by atoms with Crippen molar-refractivity contribution in [2.45, 2.75) is 32.4 Å². The van der Waals surface area contributed by atoms with Gasteiger partial charge >= 0.3 is 0 Å². The Labute approximate surface area is 174 Å². The molecule has 0 N–H and O–H groups in total. The molecule has 1 aliphatic heterocycles. The first-order chi connectivity index (χ1) is 14.0. The Kier molecular flexibility index (Phi) is 5.16. The van der Waals surface area contributed by atoms with Crippen molar-refractivity contribution >= 4 is 34.8 Å². The molecular weight excluding hydrogens is 388 g/mol. The summed E-state index contributed by atoms with van der Waals surface area (Å²) in [5.41, 5.74) is 2.39. The quantitative estimate of drug-likeness (QED) is 0.577. The molecule has 2 atom stereocenters. The number of hydrogen-bond acceptors (Lipinski definition) is 3. The van der Waals surface area contributed by atoms with Crippen LogP contribution in [-0.2, 0) is 4.79 Å². The number of fused-ring (bicyclic) bond motifs is 1. The highest BCUT2D eigenvalue weighted by atomic mass is 35.5. The summed E-state index contributed by atoms with van der Waals surface area (Å²) in [5, 5.41) is 0.560. The van der Waals surface area contributed by atoms with E-state index in [9.17, 15) is 9.59 Å². The van der Waals surface area contributed by atoms with Gasteiger partial charge in [-0.2, -0.15) is 0 Å². The second-order valence-corrected chi connectivity index (χ2v) is 7.62. The predicted octanol–water partition coefficient (Wildman–Crippen LogP) is 5.47. The molecular formula is C23H21ClN2O3. The number of halogens is 1. The first-order valence-electron chi connectivity index (χ1n) is 9.48. The summed E-state index contributed by atoms with van der Waals surface area (Å²) < 4.78 is 5.34. The zero-order valence-corrected chi connectivity index (χ0v) is 17.0. The molecule has 2 aromatic carbocycles. The number of nitrogens with zero attached hydrogens (tertiary/aromatic N) is 2. The van der Waals surface area contributed by atoms with Crippen LogP contribution in [0.3, 0.4) is 0 Å². The van der Waals surface area contributed by atoms with Crippen molar-refractivity contribution in [2.75, 3.05) is 9.80 Å². The van der Waals surface area contributed by atoms with E-state index in [0.29, 0.717) is 11.4 Å². The van der Waals surface area contributed by atoms with Crippen LogP contribution in [0.4, 0.5) is 11.4 Å². The average molecular weight is 409 g/mol. The molecule has 0 spiro atoms. The highest BCUT2D eigenvalue weighted by Gasteiger charge is 2.38. The number of amides is 2. The number of hydrogen-bond donors (Lipinski definition) is 0. The van der Waals surface area contributed by atoms with Gasteiger partial charge in [0.1, 0.15) is 0 Å². The molecule has 2 amide bonds. The highest BCUT2D eigenvalue weighted by molar-refractivity contribution is 6.30. The van der Waals surface area contributed by atoms with Crippen LogP contribution >= 0.6 is 11.6 Å². The topological polar surface area (TPSA) is 53.8 Å². The smallest absolute Gasteiger partial charge is 0.294 e. The molecule has 6 heteroatoms. The molecule has 2 heterocycles. The summed E-state index contributed by atoms with van der Waals surface area (Å²) in [6, 6.07) is 18.0. The van der Waals surface area contributed by atoms with Gasteiger partial charge in [-0.25, -0.2) is 0 Å². The SMILES string of the molecule is CC(=O)N(c1ccccc1)C1CC(C)N(C(=O)c2ccco2)c2ccc(Cl)cc21. The van der Waals surface area contributed by atoms with Crippen LogP contribution in [0.25, 0.3) is 0 Å². The molecule has 0 aliphatic carbocycles. The average Bonchev–Trinajstić information content (AvgIpc) is 3.23. The summed E-state index contributed by atoms with van der Waals surface area (Å²) in [7, 11) is 0. The van der Waals surface area contributed by atoms with Crippen molar-refractivity contribution in [1.82, 2.24) is 0 Å². The molecule has 29 heavy (non-hydrogen) atoms. The van der Waals surface area contributed by atoms with Gasteiger partial charge in [0.15, 0.2) is 5.76 Å². The fourth-order valence-electron chi connectivity index (χ4n) is 4.05. The Hall–Kier alpha value is -3.05. The van der Waals surface area contributed by atoms with Crippen LogP contribution in [-0.4, -0.2) is 17.9 Å². The van der Waals surface area contributed by atoms with Gasteiger partial charge in [0.05, 0.1) is 12.3 Å². The second-order valence-electron chi connectivity index (χ2n) is 7.18. The van der Waals surface area contributed by atoms with Gasteiger partial charge in [-0.15, -0.1) is 0 Å². The summed E-state index contributed by atoms with van der Waals surface area (Å²) in [5.74, 6) is 0.00595. The van der Waals surface area contributed by atoms with E-state index in [-0.39, 0.29) is 29.7 Å². The molecule has 3 aromatic rings. The lowest BCUT2D eigenvalue weighted by atomic mass is 9.89. The minimum Gasteiger partial charge on any atom is -0.459 e. The fraction of sp³-hybridized carbons (Fsp3) is 0.217. The van der Waals surface area contributed by atoms with E-state index < -0.39 is 0 Å². The first kappa shape index (κ1) is 19.3. The number of furan rings is 1. The van der Waals surface area contributed by atoms with Gasteiger partial charge in [-0.3, -0.25) is 9.59 Å². The Morgan fingerprint density at radius 2 is 1.86 bits per heavy atom. The Balaban J connectivity index is 1.83. The first-order valence-corrected chi connectivity index (χ1v) is 9.86. The van der Waals surface area contributed by atoms with Crippen molar-refractivity contribution in [3.8, 4) is 0 Å². The molecule has 0 fully saturated rings. The Bertz CT molecular complexity index is 1030. The molecule has 4 rings (SSSR count). The normalized spacial score (nSPS) is 18.2. The third kappa shape index (κ3) is 3.54. The van der Waals surface area contributed by atoms with Crippen LogP contribution < -0.4 is 9.80 Å². The summed E-state index contributed by atoms with van der Waals surface area (Å²) in [4.78, 5) is 29.3. The van der Waals surface area contributed by atoms with Crippen LogP contribution in [0.15, 0.2) is 71.3 Å². The second kappa shape index (κ2) is 7.76. The minimum absolute atomic E-state index is 0.0647. The van der Waals surface area contributed by atoms with E-state index in [4.69, 9.17) is 16.0 Å². The van der Waals surface area contributed by atoms with Crippen molar-refractivity contribution in [1.29, 1.82) is 0 Å². The Morgan fingerprint density at radius 1 is 1.10 bits per heavy atom. The number of benzene rings is 2. The molecule has 0 radical (unpaired) electrons. The zero-order valence-electron chi connectivity index (χ0n) is 16.2. The monoisotopic (exact) mass is 408 g/mol. The van der Waals surface area contributed by atoms with Gasteiger partial charge < -0.3 is 14.2 Å². The fourth-order valence-corrected chi connectivity index (χ4v) is 4.23. The predicted molar refractivity (Wildman–Crippen MR) is 113 cm³/mol. The number of rotatable bonds is 3. The summed E-state index contributed by atoms with van der Waals surface area (Å²) >= 11 is 6.31. The lowest BCUT2D eigenvalue weighted by molar-refractivity contribution is -0.117. The van der Waals surface area contributed by atoms with E-state index in [1.165, 1.54) is 6.26 Å². The molecule has 0 bridgehead atoms. The van der Waals surface area contributed by atoms with Crippen molar-refractivity contribution in [3.05, 3.63) is 83.3 Å². The molecule has 2 unspecified atom stereocenters. The van der Waals surface area contributed by atoms with Crippen LogP contribution in [0, 0.1) is 0 Å². The van der Waals surface area contributed by atoms with Crippen LogP contribution in [0.1, 0.15) is 42.4 Å². The van der Waals surface area contributed by atoms with E-state index in [1.807, 2.05) is 49.4 Å². The number of para-hydroxylation sites is 1. The van der Waals surface area contributed by atoms with Crippen molar-refractivity contribution < 1.29 is 14.0 Å². The van der Waals surface area contributed by atoms with E-state index in [1.54, 1.807) is 34.9 Å². The summed E-state index contributed by atoms with van der Waals surface area (Å²) in [6.07, 6.45) is 2.06. The van der Waals surface area contributed by atoms with Gasteiger partial charge in [-0.05, 0) is 55.8 Å². The van der Waals surface area contributed by atoms with Crippen molar-refractivity contribution in [3.63, 3.8) is 0 Å². The van der Waals surface area contributed by atoms with E-state index in [0.717, 1.165) is 16.9 Å². The molecule has 5 nitrogen and oxygen atoms in total. The summed E-state index contributed by atoms with van der Waals surface area (Å²) in [6.45, 7) is 3.54. The molecule has 0 saturated heterocycles. The standard InChI is InChI=1S/C23H21ClN2O3/c1-15-13-21(26(16(2)27)18-7-4-3-5-8-18)19-14-17(24)10-11-20(19)25(15)23(28)22-9-6-12-29-22/h3-12,14-15,21H,13H2,1-2H3. The number of carbonyl (C=O) groups is 2. The van der Waals surface area contributed by atoms with E-state index >= 15 is 0 Å². The molecule has 1 aliphatic rings. The lowest BCUT2D eigenvalue weighted by Gasteiger charge is -2.43. The maximum absolute atomic E-state index is 13.1. The molecule has 0 saturated carbocycles. The highest BCUT2D eigenvalue weighted by Crippen LogP contribution is 2.43. The minimum atomic E-state index is -0.237. The number of carbonyl (C=O) groups excluding carboxylic acids is 2. The van der Waals surface area contributed by atoms with Gasteiger partial charge in [-0.1, -0.05) is 29.8 Å². The van der Waals surface area contributed by atoms with Crippen molar-refractivity contribution in [2.24, 2.45) is 0 Å².